The molecule has 0 saturated carbocycles. The summed E-state index contributed by atoms with van der Waals surface area (Å²) >= 11 is 3.45. The normalized spacial score (nSPS) is 24.4. The first-order chi connectivity index (χ1) is 19.5. The molecule has 0 radical (unpaired) electrons. The van der Waals surface area contributed by atoms with Crippen LogP contribution in [-0.4, -0.2) is 24.6 Å². The van der Waals surface area contributed by atoms with Crippen molar-refractivity contribution in [1.29, 1.82) is 0 Å². The number of benzene rings is 4. The van der Waals surface area contributed by atoms with Gasteiger partial charge in [-0.1, -0.05) is 70.5 Å². The van der Waals surface area contributed by atoms with Crippen molar-refractivity contribution in [1.82, 2.24) is 0 Å². The van der Waals surface area contributed by atoms with E-state index in [1.165, 1.54) is 4.90 Å². The van der Waals surface area contributed by atoms with Gasteiger partial charge in [0.15, 0.2) is 11.5 Å². The van der Waals surface area contributed by atoms with Crippen LogP contribution in [0, 0.1) is 17.8 Å². The molecule has 1 saturated heterocycles. The van der Waals surface area contributed by atoms with Crippen molar-refractivity contribution in [2.45, 2.75) is 5.92 Å². The van der Waals surface area contributed by atoms with Gasteiger partial charge in [-0.15, -0.1) is 0 Å². The van der Waals surface area contributed by atoms with Crippen molar-refractivity contribution in [3.63, 3.8) is 0 Å². The predicted octanol–water partition coefficient (Wildman–Crippen LogP) is 5.85. The Labute approximate surface area is 237 Å². The molecule has 3 heterocycles. The van der Waals surface area contributed by atoms with Crippen LogP contribution >= 0.6 is 15.9 Å². The van der Waals surface area contributed by atoms with Crippen LogP contribution in [0.3, 0.4) is 0 Å². The third kappa shape index (κ3) is 3.26. The zero-order valence-corrected chi connectivity index (χ0v) is 22.5. The van der Waals surface area contributed by atoms with Crippen molar-refractivity contribution in [2.75, 3.05) is 11.7 Å². The number of anilines is 1. The van der Waals surface area contributed by atoms with Gasteiger partial charge in [-0.2, -0.15) is 0 Å². The zero-order valence-electron chi connectivity index (χ0n) is 20.9. The summed E-state index contributed by atoms with van der Waals surface area (Å²) in [6.45, 7) is 0.124. The fraction of sp³-hybridized carbons (Fsp3) is 0.156. The molecule has 4 atom stereocenters. The number of carbonyl (C=O) groups is 3. The summed E-state index contributed by atoms with van der Waals surface area (Å²) in [5, 5.41) is 1.76. The summed E-state index contributed by atoms with van der Waals surface area (Å²) in [6, 6.07) is 24.3. The average molecular weight is 594 g/mol. The van der Waals surface area contributed by atoms with Gasteiger partial charge < -0.3 is 14.2 Å². The molecule has 1 aliphatic carbocycles. The van der Waals surface area contributed by atoms with E-state index in [1.807, 2.05) is 66.7 Å². The maximum atomic E-state index is 14.2. The van der Waals surface area contributed by atoms with Gasteiger partial charge in [-0.05, 0) is 46.9 Å². The standard InChI is InChI=1S/C32H20BrNO6/c33-18-5-3-6-19(13-18)34-30(35)26-22(17-9-11-24-25(12-17)39-15-38-24)14-23-21-10-8-16-4-1-2-7-20(16)29(21)40-32(37)27(23)28(26)31(34)36/h1-14,22,26-28H,15H2/t22-,26+,27-,28-/m1/s1. The van der Waals surface area contributed by atoms with E-state index in [9.17, 15) is 14.4 Å². The Hall–Kier alpha value is -4.43. The molecule has 40 heavy (non-hydrogen) atoms. The minimum absolute atomic E-state index is 0.124. The summed E-state index contributed by atoms with van der Waals surface area (Å²) in [5.41, 5.74) is 2.73. The number of hydrogen-bond donors (Lipinski definition) is 0. The smallest absolute Gasteiger partial charge is 0.319 e. The minimum atomic E-state index is -0.922. The number of fused-ring (bicyclic) bond motifs is 8. The predicted molar refractivity (Wildman–Crippen MR) is 150 cm³/mol. The van der Waals surface area contributed by atoms with Gasteiger partial charge in [0.1, 0.15) is 5.75 Å². The summed E-state index contributed by atoms with van der Waals surface area (Å²) in [4.78, 5) is 43.3. The summed E-state index contributed by atoms with van der Waals surface area (Å²) < 4.78 is 17.8. The van der Waals surface area contributed by atoms with Crippen molar-refractivity contribution in [3.8, 4) is 17.2 Å². The van der Waals surface area contributed by atoms with Gasteiger partial charge in [-0.25, -0.2) is 4.90 Å². The number of ether oxygens (including phenoxy) is 3. The first kappa shape index (κ1) is 23.5. The molecular formula is C32H20BrNO6. The second-order valence-electron chi connectivity index (χ2n) is 10.4. The molecule has 7 nitrogen and oxygen atoms in total. The van der Waals surface area contributed by atoms with Gasteiger partial charge in [0, 0.05) is 21.3 Å². The van der Waals surface area contributed by atoms with Crippen LogP contribution in [0.1, 0.15) is 17.0 Å². The van der Waals surface area contributed by atoms with Gasteiger partial charge in [0.2, 0.25) is 18.6 Å². The third-order valence-electron chi connectivity index (χ3n) is 8.33. The first-order valence-corrected chi connectivity index (χ1v) is 13.8. The van der Waals surface area contributed by atoms with Crippen LogP contribution < -0.4 is 19.1 Å². The number of amides is 2. The van der Waals surface area contributed by atoms with E-state index in [0.29, 0.717) is 28.5 Å². The van der Waals surface area contributed by atoms with E-state index in [2.05, 4.69) is 15.9 Å². The fourth-order valence-electron chi connectivity index (χ4n) is 6.60. The zero-order chi connectivity index (χ0) is 27.1. The van der Waals surface area contributed by atoms with Crippen LogP contribution in [0.5, 0.6) is 17.2 Å². The molecule has 0 spiro atoms. The SMILES string of the molecule is O=C1Oc2c(ccc3ccccc23)C2=C[C@H](c3ccc4c(c3)OCO4)[C@@H]3C(=O)N(c4cccc(Br)c4)C(=O)[C@H]3[C@H]12. The highest BCUT2D eigenvalue weighted by Gasteiger charge is 2.60. The summed E-state index contributed by atoms with van der Waals surface area (Å²) in [6.07, 6.45) is 1.98. The van der Waals surface area contributed by atoms with Gasteiger partial charge in [0.05, 0.1) is 23.4 Å². The van der Waals surface area contributed by atoms with Gasteiger partial charge >= 0.3 is 5.97 Å². The van der Waals surface area contributed by atoms with Crippen molar-refractivity contribution < 1.29 is 28.6 Å². The number of nitrogens with zero attached hydrogens (tertiary/aromatic N) is 1. The largest absolute Gasteiger partial charge is 0.454 e. The van der Waals surface area contributed by atoms with E-state index in [0.717, 1.165) is 26.4 Å². The Morgan fingerprint density at radius 1 is 0.800 bits per heavy atom. The number of hydrogen-bond acceptors (Lipinski definition) is 6. The maximum absolute atomic E-state index is 14.2. The lowest BCUT2D eigenvalue weighted by atomic mass is 9.64. The van der Waals surface area contributed by atoms with E-state index < -0.39 is 35.5 Å². The van der Waals surface area contributed by atoms with E-state index in [4.69, 9.17) is 14.2 Å². The Bertz CT molecular complexity index is 1830. The Morgan fingerprint density at radius 2 is 1.62 bits per heavy atom. The van der Waals surface area contributed by atoms with E-state index in [-0.39, 0.29) is 12.7 Å². The minimum Gasteiger partial charge on any atom is -0.454 e. The number of esters is 1. The number of imide groups is 1. The molecule has 0 unspecified atom stereocenters. The topological polar surface area (TPSA) is 82.1 Å². The number of halogens is 1. The molecule has 2 amide bonds. The third-order valence-corrected chi connectivity index (χ3v) is 8.83. The summed E-state index contributed by atoms with van der Waals surface area (Å²) in [5.74, 6) is -2.68. The molecular weight excluding hydrogens is 574 g/mol. The van der Waals surface area contributed by atoms with Crippen LogP contribution in [-0.2, 0) is 14.4 Å². The highest BCUT2D eigenvalue weighted by molar-refractivity contribution is 9.10. The highest BCUT2D eigenvalue weighted by Crippen LogP contribution is 2.56. The first-order valence-electron chi connectivity index (χ1n) is 13.0. The van der Waals surface area contributed by atoms with Crippen molar-refractivity contribution in [2.24, 2.45) is 17.8 Å². The molecule has 3 aliphatic heterocycles. The average Bonchev–Trinajstić information content (AvgIpc) is 3.54. The lowest BCUT2D eigenvalue weighted by Crippen LogP contribution is -2.42. The summed E-state index contributed by atoms with van der Waals surface area (Å²) in [7, 11) is 0. The maximum Gasteiger partial charge on any atom is 0.319 e. The lowest BCUT2D eigenvalue weighted by Gasteiger charge is -2.38. The monoisotopic (exact) mass is 593 g/mol. The molecule has 4 aromatic carbocycles. The highest BCUT2D eigenvalue weighted by atomic mass is 79.9. The Morgan fingerprint density at radius 3 is 2.50 bits per heavy atom. The van der Waals surface area contributed by atoms with Gasteiger partial charge in [0.25, 0.3) is 0 Å². The second kappa shape index (κ2) is 8.53. The van der Waals surface area contributed by atoms with Crippen molar-refractivity contribution in [3.05, 3.63) is 101 Å². The molecule has 4 aliphatic rings. The second-order valence-corrected chi connectivity index (χ2v) is 11.3. The molecule has 196 valence electrons. The van der Waals surface area contributed by atoms with Crippen LogP contribution in [0.15, 0.2) is 89.4 Å². The molecule has 1 fully saturated rings. The number of allylic oxidation sites excluding steroid dienone is 1. The van der Waals surface area contributed by atoms with Gasteiger partial charge in [-0.3, -0.25) is 14.4 Å². The molecule has 0 N–H and O–H groups in total. The van der Waals surface area contributed by atoms with Crippen LogP contribution in [0.2, 0.25) is 0 Å². The number of rotatable bonds is 2. The van der Waals surface area contributed by atoms with Crippen LogP contribution in [0.4, 0.5) is 5.69 Å². The number of carbonyl (C=O) groups excluding carboxylic acids is 3. The van der Waals surface area contributed by atoms with E-state index in [1.54, 1.807) is 18.2 Å². The molecule has 0 bridgehead atoms. The molecule has 0 aromatic heterocycles. The Kier molecular flexibility index (Phi) is 5.00. The fourth-order valence-corrected chi connectivity index (χ4v) is 6.99. The van der Waals surface area contributed by atoms with Crippen LogP contribution in [0.25, 0.3) is 16.3 Å². The quantitative estimate of drug-likeness (QED) is 0.165. The Balaban J connectivity index is 1.35. The molecule has 4 aromatic rings. The van der Waals surface area contributed by atoms with Crippen molar-refractivity contribution >= 4 is 55.7 Å². The lowest BCUT2D eigenvalue weighted by molar-refractivity contribution is -0.142. The van der Waals surface area contributed by atoms with E-state index >= 15 is 0 Å². The molecule has 8 heteroatoms. The molecule has 8 rings (SSSR count).